The van der Waals surface area contributed by atoms with Crippen LogP contribution in [-0.2, 0) is 4.79 Å². The summed E-state index contributed by atoms with van der Waals surface area (Å²) in [6.45, 7) is 3.62. The molecule has 1 rings (SSSR count). The zero-order valence-electron chi connectivity index (χ0n) is 7.33. The molecule has 3 heteroatoms. The van der Waals surface area contributed by atoms with Crippen LogP contribution in [0, 0.1) is 0 Å². The fraction of sp³-hybridized carbons (Fsp3) is 0.444. The van der Waals surface area contributed by atoms with Crippen molar-refractivity contribution in [3.05, 3.63) is 22.4 Å². The molecule has 1 amide bonds. The summed E-state index contributed by atoms with van der Waals surface area (Å²) in [6.07, 6.45) is 0.945. The van der Waals surface area contributed by atoms with E-state index in [9.17, 15) is 4.79 Å². The molecule has 0 aliphatic carbocycles. The zero-order chi connectivity index (χ0) is 8.97. The van der Waals surface area contributed by atoms with Crippen molar-refractivity contribution < 1.29 is 4.79 Å². The zero-order valence-corrected chi connectivity index (χ0v) is 8.15. The minimum atomic E-state index is 0.0373. The second-order valence-electron chi connectivity index (χ2n) is 2.68. The molecule has 0 aliphatic heterocycles. The molecule has 0 spiro atoms. The SMILES string of the molecule is CCC(NC(C)=O)c1cccs1. The molecule has 1 aromatic rings. The highest BCUT2D eigenvalue weighted by Crippen LogP contribution is 2.21. The van der Waals surface area contributed by atoms with Crippen LogP contribution in [0.3, 0.4) is 0 Å². The van der Waals surface area contributed by atoms with Gasteiger partial charge in [-0.3, -0.25) is 4.79 Å². The molecular formula is C9H13NOS. The number of nitrogens with one attached hydrogen (secondary N) is 1. The van der Waals surface area contributed by atoms with E-state index in [1.807, 2.05) is 11.4 Å². The molecule has 0 aliphatic rings. The molecule has 0 saturated carbocycles. The fourth-order valence-electron chi connectivity index (χ4n) is 1.11. The quantitative estimate of drug-likeness (QED) is 0.765. The van der Waals surface area contributed by atoms with Crippen LogP contribution in [0.25, 0.3) is 0 Å². The highest BCUT2D eigenvalue weighted by Gasteiger charge is 2.09. The second kappa shape index (κ2) is 4.26. The first kappa shape index (κ1) is 9.26. The Morgan fingerprint density at radius 1 is 1.75 bits per heavy atom. The van der Waals surface area contributed by atoms with Crippen LogP contribution in [0.4, 0.5) is 0 Å². The van der Waals surface area contributed by atoms with Gasteiger partial charge in [0.15, 0.2) is 0 Å². The lowest BCUT2D eigenvalue weighted by molar-refractivity contribution is -0.119. The van der Waals surface area contributed by atoms with Crippen molar-refractivity contribution in [3.8, 4) is 0 Å². The minimum absolute atomic E-state index is 0.0373. The number of carbonyl (C=O) groups excluding carboxylic acids is 1. The summed E-state index contributed by atoms with van der Waals surface area (Å²) in [5, 5.41) is 4.93. The first-order chi connectivity index (χ1) is 5.74. The fourth-order valence-corrected chi connectivity index (χ4v) is 1.97. The van der Waals surface area contributed by atoms with Crippen molar-refractivity contribution in [1.82, 2.24) is 5.32 Å². The maximum Gasteiger partial charge on any atom is 0.217 e. The Morgan fingerprint density at radius 3 is 2.92 bits per heavy atom. The molecule has 2 nitrogen and oxygen atoms in total. The summed E-state index contributed by atoms with van der Waals surface area (Å²) in [6, 6.07) is 4.25. The van der Waals surface area contributed by atoms with Crippen molar-refractivity contribution in [2.45, 2.75) is 26.3 Å². The molecule has 0 bridgehead atoms. The topological polar surface area (TPSA) is 29.1 Å². The van der Waals surface area contributed by atoms with E-state index in [0.717, 1.165) is 6.42 Å². The van der Waals surface area contributed by atoms with Gasteiger partial charge in [0.05, 0.1) is 6.04 Å². The third kappa shape index (κ3) is 2.34. The molecule has 1 N–H and O–H groups in total. The molecule has 1 unspecified atom stereocenters. The number of hydrogen-bond donors (Lipinski definition) is 1. The van der Waals surface area contributed by atoms with Gasteiger partial charge in [-0.25, -0.2) is 0 Å². The van der Waals surface area contributed by atoms with Gasteiger partial charge in [-0.1, -0.05) is 13.0 Å². The van der Waals surface area contributed by atoms with Crippen molar-refractivity contribution in [1.29, 1.82) is 0 Å². The average molecular weight is 183 g/mol. The Bertz CT molecular complexity index is 243. The van der Waals surface area contributed by atoms with Gasteiger partial charge in [-0.15, -0.1) is 11.3 Å². The van der Waals surface area contributed by atoms with Gasteiger partial charge in [0.2, 0.25) is 5.91 Å². The normalized spacial score (nSPS) is 12.5. The van der Waals surface area contributed by atoms with E-state index in [1.54, 1.807) is 18.3 Å². The van der Waals surface area contributed by atoms with Crippen molar-refractivity contribution >= 4 is 17.2 Å². The van der Waals surface area contributed by atoms with Crippen molar-refractivity contribution in [2.24, 2.45) is 0 Å². The Hall–Kier alpha value is -0.830. The molecule has 1 aromatic heterocycles. The summed E-state index contributed by atoms with van der Waals surface area (Å²) < 4.78 is 0. The average Bonchev–Trinajstić information content (AvgIpc) is 2.51. The molecule has 0 radical (unpaired) electrons. The van der Waals surface area contributed by atoms with E-state index >= 15 is 0 Å². The van der Waals surface area contributed by atoms with Crippen LogP contribution in [-0.4, -0.2) is 5.91 Å². The summed E-state index contributed by atoms with van der Waals surface area (Å²) in [5.74, 6) is 0.0373. The standard InChI is InChI=1S/C9H13NOS/c1-3-8(10-7(2)11)9-5-4-6-12-9/h4-6,8H,3H2,1-2H3,(H,10,11). The van der Waals surface area contributed by atoms with Gasteiger partial charge < -0.3 is 5.32 Å². The summed E-state index contributed by atoms with van der Waals surface area (Å²) in [7, 11) is 0. The first-order valence-electron chi connectivity index (χ1n) is 4.04. The lowest BCUT2D eigenvalue weighted by Gasteiger charge is -2.13. The van der Waals surface area contributed by atoms with E-state index in [-0.39, 0.29) is 11.9 Å². The smallest absolute Gasteiger partial charge is 0.217 e. The van der Waals surface area contributed by atoms with Crippen LogP contribution in [0.5, 0.6) is 0 Å². The molecule has 0 fully saturated rings. The molecule has 1 heterocycles. The van der Waals surface area contributed by atoms with Gasteiger partial charge in [0.1, 0.15) is 0 Å². The first-order valence-corrected chi connectivity index (χ1v) is 4.92. The van der Waals surface area contributed by atoms with E-state index in [1.165, 1.54) is 4.88 Å². The van der Waals surface area contributed by atoms with Crippen LogP contribution >= 0.6 is 11.3 Å². The predicted octanol–water partition coefficient (Wildman–Crippen LogP) is 2.34. The van der Waals surface area contributed by atoms with Gasteiger partial charge in [0.25, 0.3) is 0 Å². The van der Waals surface area contributed by atoms with E-state index in [4.69, 9.17) is 0 Å². The highest BCUT2D eigenvalue weighted by atomic mass is 32.1. The molecule has 0 aromatic carbocycles. The van der Waals surface area contributed by atoms with Crippen molar-refractivity contribution in [3.63, 3.8) is 0 Å². The summed E-state index contributed by atoms with van der Waals surface area (Å²) >= 11 is 1.68. The molecule has 12 heavy (non-hydrogen) atoms. The lowest BCUT2D eigenvalue weighted by atomic mass is 10.2. The molecular weight excluding hydrogens is 170 g/mol. The summed E-state index contributed by atoms with van der Waals surface area (Å²) in [5.41, 5.74) is 0. The van der Waals surface area contributed by atoms with Gasteiger partial charge in [-0.05, 0) is 17.9 Å². The van der Waals surface area contributed by atoms with E-state index < -0.39 is 0 Å². The van der Waals surface area contributed by atoms with Crippen LogP contribution in [0.1, 0.15) is 31.2 Å². The Kier molecular flexibility index (Phi) is 3.29. The third-order valence-electron chi connectivity index (χ3n) is 1.67. The molecule has 1 atom stereocenters. The maximum absolute atomic E-state index is 10.8. The monoisotopic (exact) mass is 183 g/mol. The number of rotatable bonds is 3. The highest BCUT2D eigenvalue weighted by molar-refractivity contribution is 7.10. The van der Waals surface area contributed by atoms with E-state index in [0.29, 0.717) is 0 Å². The number of carbonyl (C=O) groups is 1. The van der Waals surface area contributed by atoms with Gasteiger partial charge >= 0.3 is 0 Å². The Morgan fingerprint density at radius 2 is 2.50 bits per heavy atom. The third-order valence-corrected chi connectivity index (χ3v) is 2.66. The summed E-state index contributed by atoms with van der Waals surface area (Å²) in [4.78, 5) is 12.0. The number of thiophene rings is 1. The predicted molar refractivity (Wildman–Crippen MR) is 51.2 cm³/mol. The Labute approximate surface area is 76.6 Å². The van der Waals surface area contributed by atoms with Gasteiger partial charge in [0, 0.05) is 11.8 Å². The maximum atomic E-state index is 10.8. The second-order valence-corrected chi connectivity index (χ2v) is 3.66. The van der Waals surface area contributed by atoms with Gasteiger partial charge in [-0.2, -0.15) is 0 Å². The van der Waals surface area contributed by atoms with Crippen LogP contribution < -0.4 is 5.32 Å². The van der Waals surface area contributed by atoms with Crippen LogP contribution in [0.2, 0.25) is 0 Å². The lowest BCUT2D eigenvalue weighted by Crippen LogP contribution is -2.24. The number of hydrogen-bond acceptors (Lipinski definition) is 2. The molecule has 0 saturated heterocycles. The van der Waals surface area contributed by atoms with Crippen LogP contribution in [0.15, 0.2) is 17.5 Å². The molecule has 66 valence electrons. The number of amides is 1. The Balaban J connectivity index is 2.63. The van der Waals surface area contributed by atoms with Crippen molar-refractivity contribution in [2.75, 3.05) is 0 Å². The minimum Gasteiger partial charge on any atom is -0.349 e. The largest absolute Gasteiger partial charge is 0.349 e. The van der Waals surface area contributed by atoms with E-state index in [2.05, 4.69) is 18.3 Å².